The number of aromatic amines is 1. The molecule has 0 saturated heterocycles. The minimum atomic E-state index is -0.473. The first-order chi connectivity index (χ1) is 5.68. The predicted octanol–water partition coefficient (Wildman–Crippen LogP) is 1.33. The van der Waals surface area contributed by atoms with Gasteiger partial charge in [-0.3, -0.25) is 0 Å². The summed E-state index contributed by atoms with van der Waals surface area (Å²) in [5.74, 6) is -0.428. The van der Waals surface area contributed by atoms with E-state index in [9.17, 15) is 4.39 Å². The number of nitrogens with two attached hydrogens (primary N) is 1. The molecular weight excluding hydrogens is 183 g/mol. The van der Waals surface area contributed by atoms with Crippen molar-refractivity contribution in [2.75, 3.05) is 5.73 Å². The fraction of sp³-hybridized carbons (Fsp3) is 0. The van der Waals surface area contributed by atoms with Gasteiger partial charge in [-0.25, -0.2) is 9.37 Å². The molecule has 0 aliphatic heterocycles. The van der Waals surface area contributed by atoms with Gasteiger partial charge in [-0.15, -0.1) is 0 Å². The zero-order valence-corrected chi connectivity index (χ0v) is 6.56. The van der Waals surface area contributed by atoms with Crippen LogP contribution in [0.4, 0.5) is 10.2 Å². The van der Waals surface area contributed by atoms with Crippen molar-refractivity contribution in [2.45, 2.75) is 0 Å². The summed E-state index contributed by atoms with van der Waals surface area (Å²) in [7, 11) is 0. The second kappa shape index (κ2) is 2.31. The summed E-state index contributed by atoms with van der Waals surface area (Å²) in [6.45, 7) is 0. The van der Waals surface area contributed by atoms with E-state index >= 15 is 0 Å². The van der Waals surface area contributed by atoms with Gasteiger partial charge < -0.3 is 10.7 Å². The predicted molar refractivity (Wildman–Crippen MR) is 43.3 cm³/mol. The van der Waals surface area contributed by atoms with Crippen molar-refractivity contribution in [2.24, 2.45) is 0 Å². The van der Waals surface area contributed by atoms with E-state index in [1.165, 1.54) is 0 Å². The van der Waals surface area contributed by atoms with Crippen molar-refractivity contribution in [3.05, 3.63) is 17.3 Å². The molecule has 6 heteroatoms. The van der Waals surface area contributed by atoms with Crippen molar-refractivity contribution in [3.63, 3.8) is 0 Å². The second-order valence-electron chi connectivity index (χ2n) is 2.24. The Morgan fingerprint density at radius 3 is 3.00 bits per heavy atom. The molecule has 2 rings (SSSR count). The molecule has 2 aromatic heterocycles. The third-order valence-corrected chi connectivity index (χ3v) is 1.65. The molecule has 0 amide bonds. The number of nitrogen functional groups attached to an aromatic ring is 1. The summed E-state index contributed by atoms with van der Waals surface area (Å²) in [4.78, 5) is 9.92. The summed E-state index contributed by atoms with van der Waals surface area (Å²) < 4.78 is 12.9. The van der Waals surface area contributed by atoms with Crippen LogP contribution in [0.15, 0.2) is 6.20 Å². The Bertz CT molecular complexity index is 438. The smallest absolute Gasteiger partial charge is 0.226 e. The molecule has 62 valence electrons. The minimum Gasteiger partial charge on any atom is -0.383 e. The number of anilines is 1. The number of fused-ring (bicyclic) bond motifs is 1. The molecule has 0 unspecified atom stereocenters. The van der Waals surface area contributed by atoms with Crippen LogP contribution in [0.3, 0.4) is 0 Å². The van der Waals surface area contributed by atoms with Crippen LogP contribution in [0.5, 0.6) is 0 Å². The first kappa shape index (κ1) is 7.30. The van der Waals surface area contributed by atoms with Gasteiger partial charge in [-0.2, -0.15) is 4.98 Å². The zero-order chi connectivity index (χ0) is 8.72. The van der Waals surface area contributed by atoms with Gasteiger partial charge in [0.25, 0.3) is 0 Å². The van der Waals surface area contributed by atoms with E-state index in [-0.39, 0.29) is 16.5 Å². The minimum absolute atomic E-state index is 0.00171. The SMILES string of the molecule is Nc1nc(Cl)nc2[nH]cc(F)c12. The lowest BCUT2D eigenvalue weighted by atomic mass is 10.4. The summed E-state index contributed by atoms with van der Waals surface area (Å²) in [5.41, 5.74) is 5.72. The second-order valence-corrected chi connectivity index (χ2v) is 2.58. The highest BCUT2D eigenvalue weighted by Crippen LogP contribution is 2.21. The van der Waals surface area contributed by atoms with E-state index in [0.29, 0.717) is 5.65 Å². The number of halogens is 2. The van der Waals surface area contributed by atoms with Crippen LogP contribution >= 0.6 is 11.6 Å². The quantitative estimate of drug-likeness (QED) is 0.610. The first-order valence-corrected chi connectivity index (χ1v) is 3.52. The lowest BCUT2D eigenvalue weighted by molar-refractivity contribution is 0.639. The van der Waals surface area contributed by atoms with Gasteiger partial charge in [0.2, 0.25) is 5.28 Å². The van der Waals surface area contributed by atoms with Gasteiger partial charge >= 0.3 is 0 Å². The highest BCUT2D eigenvalue weighted by atomic mass is 35.5. The van der Waals surface area contributed by atoms with Crippen LogP contribution in [0.2, 0.25) is 5.28 Å². The van der Waals surface area contributed by atoms with Crippen molar-refractivity contribution in [1.82, 2.24) is 15.0 Å². The maximum atomic E-state index is 12.9. The fourth-order valence-corrected chi connectivity index (χ4v) is 1.17. The molecule has 0 bridgehead atoms. The van der Waals surface area contributed by atoms with Crippen molar-refractivity contribution in [1.29, 1.82) is 0 Å². The number of H-pyrrole nitrogens is 1. The topological polar surface area (TPSA) is 67.6 Å². The van der Waals surface area contributed by atoms with E-state index in [1.807, 2.05) is 0 Å². The average molecular weight is 187 g/mol. The molecule has 0 aliphatic carbocycles. The van der Waals surface area contributed by atoms with Gasteiger partial charge in [0, 0.05) is 6.20 Å². The highest BCUT2D eigenvalue weighted by molar-refractivity contribution is 6.28. The molecule has 3 N–H and O–H groups in total. The molecule has 0 aromatic carbocycles. The average Bonchev–Trinajstić information content (AvgIpc) is 2.31. The Balaban J connectivity index is 2.93. The number of hydrogen-bond acceptors (Lipinski definition) is 3. The number of nitrogens with one attached hydrogen (secondary N) is 1. The van der Waals surface area contributed by atoms with Gasteiger partial charge in [-0.1, -0.05) is 0 Å². The Kier molecular flexibility index (Phi) is 1.41. The highest BCUT2D eigenvalue weighted by Gasteiger charge is 2.09. The maximum Gasteiger partial charge on any atom is 0.226 e. The molecule has 2 heterocycles. The fourth-order valence-electron chi connectivity index (χ4n) is 0.994. The van der Waals surface area contributed by atoms with Crippen LogP contribution < -0.4 is 5.73 Å². The summed E-state index contributed by atoms with van der Waals surface area (Å²) >= 11 is 5.49. The third kappa shape index (κ3) is 0.902. The Labute approximate surface area is 71.6 Å². The van der Waals surface area contributed by atoms with E-state index in [4.69, 9.17) is 17.3 Å². The molecule has 12 heavy (non-hydrogen) atoms. The molecule has 0 spiro atoms. The summed E-state index contributed by atoms with van der Waals surface area (Å²) in [6, 6.07) is 0. The maximum absolute atomic E-state index is 12.9. The molecule has 0 radical (unpaired) electrons. The van der Waals surface area contributed by atoms with Crippen molar-refractivity contribution in [3.8, 4) is 0 Å². The number of rotatable bonds is 0. The summed E-state index contributed by atoms with van der Waals surface area (Å²) in [6.07, 6.45) is 1.16. The molecule has 0 atom stereocenters. The number of hydrogen-bond donors (Lipinski definition) is 2. The standard InChI is InChI=1S/C6H4ClFN4/c7-6-11-4(9)3-2(8)1-10-5(3)12-6/h1H,(H3,9,10,11,12). The Hall–Kier alpha value is -1.36. The van der Waals surface area contributed by atoms with E-state index in [1.54, 1.807) is 0 Å². The van der Waals surface area contributed by atoms with Gasteiger partial charge in [0.15, 0.2) is 5.82 Å². The lowest BCUT2D eigenvalue weighted by Gasteiger charge is -1.94. The van der Waals surface area contributed by atoms with E-state index < -0.39 is 5.82 Å². The van der Waals surface area contributed by atoms with E-state index in [2.05, 4.69) is 15.0 Å². The summed E-state index contributed by atoms with van der Waals surface area (Å²) in [5, 5.41) is 0.182. The van der Waals surface area contributed by atoms with Crippen LogP contribution in [-0.2, 0) is 0 Å². The van der Waals surface area contributed by atoms with Crippen LogP contribution in [0.1, 0.15) is 0 Å². The molecule has 2 aromatic rings. The van der Waals surface area contributed by atoms with E-state index in [0.717, 1.165) is 6.20 Å². The largest absolute Gasteiger partial charge is 0.383 e. The van der Waals surface area contributed by atoms with Crippen LogP contribution in [0, 0.1) is 5.82 Å². The number of aromatic nitrogens is 3. The first-order valence-electron chi connectivity index (χ1n) is 3.14. The molecule has 4 nitrogen and oxygen atoms in total. The lowest BCUT2D eigenvalue weighted by Crippen LogP contribution is -1.94. The van der Waals surface area contributed by atoms with Crippen LogP contribution in [-0.4, -0.2) is 15.0 Å². The van der Waals surface area contributed by atoms with Gasteiger partial charge in [0.05, 0.1) is 5.39 Å². The normalized spacial score (nSPS) is 10.8. The third-order valence-electron chi connectivity index (χ3n) is 1.48. The Morgan fingerprint density at radius 2 is 2.25 bits per heavy atom. The van der Waals surface area contributed by atoms with Crippen molar-refractivity contribution >= 4 is 28.5 Å². The zero-order valence-electron chi connectivity index (χ0n) is 5.81. The molecule has 0 saturated carbocycles. The van der Waals surface area contributed by atoms with Crippen molar-refractivity contribution < 1.29 is 4.39 Å². The monoisotopic (exact) mass is 186 g/mol. The number of nitrogens with zero attached hydrogens (tertiary/aromatic N) is 2. The molecule has 0 aliphatic rings. The van der Waals surface area contributed by atoms with Crippen LogP contribution in [0.25, 0.3) is 11.0 Å². The van der Waals surface area contributed by atoms with Gasteiger partial charge in [-0.05, 0) is 11.6 Å². The van der Waals surface area contributed by atoms with Gasteiger partial charge in [0.1, 0.15) is 11.5 Å². The molecular formula is C6H4ClFN4. The molecule has 0 fully saturated rings. The Morgan fingerprint density at radius 1 is 1.50 bits per heavy atom.